The maximum atomic E-state index is 2.29. The molecule has 1 heteroatoms. The summed E-state index contributed by atoms with van der Waals surface area (Å²) in [6.45, 7) is 13.7. The van der Waals surface area contributed by atoms with Crippen LogP contribution in [0.5, 0.6) is 0 Å². The Bertz CT molecular complexity index is 65.9. The molecule has 0 saturated carbocycles. The Balaban J connectivity index is 0. The number of hydrogen-bond donors (Lipinski definition) is 0. The molecular formula is C10H21Ti-. The Morgan fingerprint density at radius 3 is 0.818 bits per heavy atom. The van der Waals surface area contributed by atoms with Crippen molar-refractivity contribution in [3.8, 4) is 0 Å². The van der Waals surface area contributed by atoms with Crippen molar-refractivity contribution < 1.29 is 21.7 Å². The molecule has 0 atom stereocenters. The number of rotatable bonds is 3. The van der Waals surface area contributed by atoms with Gasteiger partial charge in [0.25, 0.3) is 0 Å². The van der Waals surface area contributed by atoms with Crippen molar-refractivity contribution in [2.75, 3.05) is 0 Å². The van der Waals surface area contributed by atoms with Gasteiger partial charge in [0.05, 0.1) is 0 Å². The second-order valence-electron chi connectivity index (χ2n) is 3.96. The third-order valence-electron chi connectivity index (χ3n) is 2.00. The van der Waals surface area contributed by atoms with Gasteiger partial charge >= 0.3 is 0 Å². The smallest absolute Gasteiger partial charge is 0 e. The molecule has 0 aromatic carbocycles. The SMILES string of the molecule is CC(C)[C-](C(C)C)C(C)C.[Ti]. The van der Waals surface area contributed by atoms with Crippen LogP contribution in [0.25, 0.3) is 0 Å². The summed E-state index contributed by atoms with van der Waals surface area (Å²) in [6.07, 6.45) is 0. The molecule has 0 saturated heterocycles. The summed E-state index contributed by atoms with van der Waals surface area (Å²) < 4.78 is 0. The van der Waals surface area contributed by atoms with Crippen LogP contribution in [0.4, 0.5) is 0 Å². The van der Waals surface area contributed by atoms with E-state index < -0.39 is 0 Å². The molecule has 0 heterocycles. The molecule has 0 bridgehead atoms. The molecule has 0 aliphatic heterocycles. The summed E-state index contributed by atoms with van der Waals surface area (Å²) in [5.41, 5.74) is 0. The average molecular weight is 189 g/mol. The Morgan fingerprint density at radius 1 is 0.636 bits per heavy atom. The summed E-state index contributed by atoms with van der Waals surface area (Å²) in [6, 6.07) is 0. The van der Waals surface area contributed by atoms with Crippen LogP contribution in [0.15, 0.2) is 0 Å². The molecule has 0 rings (SSSR count). The van der Waals surface area contributed by atoms with Crippen molar-refractivity contribution in [2.45, 2.75) is 41.5 Å². The van der Waals surface area contributed by atoms with E-state index in [1.807, 2.05) is 0 Å². The van der Waals surface area contributed by atoms with Crippen LogP contribution in [0, 0.1) is 23.7 Å². The standard InChI is InChI=1S/C10H21.Ti/c1-7(2)10(8(3)4)9(5)6;/h7-9H,1-6H3;/q-1;. The Kier molecular flexibility index (Phi) is 8.10. The van der Waals surface area contributed by atoms with Crippen LogP contribution >= 0.6 is 0 Å². The zero-order chi connectivity index (χ0) is 8.31. The summed E-state index contributed by atoms with van der Waals surface area (Å²) in [5, 5.41) is 0. The molecular weight excluding hydrogens is 168 g/mol. The Hall–Kier alpha value is 0.714. The predicted octanol–water partition coefficient (Wildman–Crippen LogP) is 3.53. The third kappa shape index (κ3) is 5.03. The van der Waals surface area contributed by atoms with Crippen molar-refractivity contribution in [1.29, 1.82) is 0 Å². The van der Waals surface area contributed by atoms with Crippen molar-refractivity contribution >= 4 is 0 Å². The van der Waals surface area contributed by atoms with Gasteiger partial charge in [0.1, 0.15) is 0 Å². The molecule has 0 spiro atoms. The molecule has 0 fully saturated rings. The predicted molar refractivity (Wildman–Crippen MR) is 47.8 cm³/mol. The molecule has 0 unspecified atom stereocenters. The first kappa shape index (κ1) is 14.3. The molecule has 0 amide bonds. The molecule has 0 nitrogen and oxygen atoms in total. The monoisotopic (exact) mass is 189 g/mol. The summed E-state index contributed by atoms with van der Waals surface area (Å²) >= 11 is 0. The third-order valence-corrected chi connectivity index (χ3v) is 2.00. The van der Waals surface area contributed by atoms with Gasteiger partial charge in [0.2, 0.25) is 0 Å². The van der Waals surface area contributed by atoms with Crippen LogP contribution < -0.4 is 0 Å². The quantitative estimate of drug-likeness (QED) is 0.470. The molecule has 0 N–H and O–H groups in total. The van der Waals surface area contributed by atoms with E-state index in [9.17, 15) is 0 Å². The second kappa shape index (κ2) is 6.25. The van der Waals surface area contributed by atoms with Gasteiger partial charge in [-0.15, -0.1) is 0 Å². The molecule has 0 radical (unpaired) electrons. The fourth-order valence-electron chi connectivity index (χ4n) is 2.00. The topological polar surface area (TPSA) is 0 Å². The first-order chi connectivity index (χ1) is 4.46. The molecule has 0 aliphatic carbocycles. The minimum Gasteiger partial charge on any atom is -0.306 e. The minimum absolute atomic E-state index is 0. The molecule has 0 aromatic heterocycles. The largest absolute Gasteiger partial charge is 0.306 e. The number of hydrogen-bond acceptors (Lipinski definition) is 0. The van der Waals surface area contributed by atoms with Gasteiger partial charge in [0.15, 0.2) is 0 Å². The summed E-state index contributed by atoms with van der Waals surface area (Å²) in [7, 11) is 0. The minimum atomic E-state index is 0. The normalized spacial score (nSPS) is 11.5. The maximum Gasteiger partial charge on any atom is 0 e. The van der Waals surface area contributed by atoms with E-state index in [-0.39, 0.29) is 21.7 Å². The van der Waals surface area contributed by atoms with Gasteiger partial charge < -0.3 is 5.92 Å². The first-order valence-electron chi connectivity index (χ1n) is 4.33. The van der Waals surface area contributed by atoms with E-state index in [1.165, 1.54) is 0 Å². The van der Waals surface area contributed by atoms with E-state index in [1.54, 1.807) is 5.92 Å². The van der Waals surface area contributed by atoms with Crippen molar-refractivity contribution in [3.05, 3.63) is 5.92 Å². The molecule has 11 heavy (non-hydrogen) atoms. The fourth-order valence-corrected chi connectivity index (χ4v) is 2.00. The summed E-state index contributed by atoms with van der Waals surface area (Å²) in [5.74, 6) is 3.94. The second-order valence-corrected chi connectivity index (χ2v) is 3.96. The van der Waals surface area contributed by atoms with Gasteiger partial charge in [-0.2, -0.15) is 17.8 Å². The van der Waals surface area contributed by atoms with Gasteiger partial charge in [-0.3, -0.25) is 0 Å². The van der Waals surface area contributed by atoms with E-state index in [0.717, 1.165) is 17.8 Å². The van der Waals surface area contributed by atoms with Gasteiger partial charge in [-0.25, -0.2) is 0 Å². The van der Waals surface area contributed by atoms with Gasteiger partial charge in [-0.1, -0.05) is 41.5 Å². The van der Waals surface area contributed by atoms with E-state index >= 15 is 0 Å². The van der Waals surface area contributed by atoms with Gasteiger partial charge in [-0.05, 0) is 0 Å². The van der Waals surface area contributed by atoms with Crippen LogP contribution in [0.2, 0.25) is 0 Å². The van der Waals surface area contributed by atoms with Crippen molar-refractivity contribution in [3.63, 3.8) is 0 Å². The molecule has 0 aliphatic rings. The van der Waals surface area contributed by atoms with E-state index in [2.05, 4.69) is 41.5 Å². The van der Waals surface area contributed by atoms with Crippen molar-refractivity contribution in [2.24, 2.45) is 17.8 Å². The van der Waals surface area contributed by atoms with Crippen LogP contribution in [0.1, 0.15) is 41.5 Å². The maximum absolute atomic E-state index is 2.29. The Morgan fingerprint density at radius 2 is 0.818 bits per heavy atom. The fraction of sp³-hybridized carbons (Fsp3) is 0.900. The van der Waals surface area contributed by atoms with Crippen molar-refractivity contribution in [1.82, 2.24) is 0 Å². The van der Waals surface area contributed by atoms with E-state index in [0.29, 0.717) is 0 Å². The van der Waals surface area contributed by atoms with Gasteiger partial charge in [0, 0.05) is 21.7 Å². The zero-order valence-electron chi connectivity index (χ0n) is 8.73. The van der Waals surface area contributed by atoms with Crippen LogP contribution in [0.3, 0.4) is 0 Å². The zero-order valence-corrected chi connectivity index (χ0v) is 10.3. The Labute approximate surface area is 87.0 Å². The van der Waals surface area contributed by atoms with Crippen LogP contribution in [-0.2, 0) is 21.7 Å². The molecule has 0 aromatic rings. The first-order valence-corrected chi connectivity index (χ1v) is 4.33. The molecule has 66 valence electrons. The van der Waals surface area contributed by atoms with E-state index in [4.69, 9.17) is 0 Å². The summed E-state index contributed by atoms with van der Waals surface area (Å²) in [4.78, 5) is 0. The average Bonchev–Trinajstić information content (AvgIpc) is 1.59. The van der Waals surface area contributed by atoms with Crippen LogP contribution in [-0.4, -0.2) is 0 Å².